The summed E-state index contributed by atoms with van der Waals surface area (Å²) in [5.74, 6) is 0.857. The van der Waals surface area contributed by atoms with Crippen molar-refractivity contribution in [3.63, 3.8) is 0 Å². The fraction of sp³-hybridized carbons (Fsp3) is 0.588. The van der Waals surface area contributed by atoms with Gasteiger partial charge in [0.05, 0.1) is 6.10 Å². The summed E-state index contributed by atoms with van der Waals surface area (Å²) in [6.07, 6.45) is 5.05. The number of aliphatic imine (C=N–C) groups is 1. The van der Waals surface area contributed by atoms with E-state index in [0.29, 0.717) is 6.10 Å². The first-order valence-corrected chi connectivity index (χ1v) is 8.42. The van der Waals surface area contributed by atoms with Gasteiger partial charge in [-0.15, -0.1) is 24.0 Å². The highest BCUT2D eigenvalue weighted by Crippen LogP contribution is 2.47. The molecule has 2 fully saturated rings. The number of guanidine groups is 1. The molecule has 0 bridgehead atoms. The van der Waals surface area contributed by atoms with Crippen molar-refractivity contribution in [3.8, 4) is 0 Å². The molecule has 1 saturated heterocycles. The van der Waals surface area contributed by atoms with Gasteiger partial charge < -0.3 is 15.4 Å². The Balaban J connectivity index is 0.00000192. The van der Waals surface area contributed by atoms with Gasteiger partial charge in [-0.25, -0.2) is 0 Å². The van der Waals surface area contributed by atoms with E-state index in [4.69, 9.17) is 16.3 Å². The largest absolute Gasteiger partial charge is 0.376 e. The van der Waals surface area contributed by atoms with Crippen molar-refractivity contribution < 1.29 is 4.74 Å². The van der Waals surface area contributed by atoms with Gasteiger partial charge in [0.15, 0.2) is 5.96 Å². The van der Waals surface area contributed by atoms with Gasteiger partial charge in [-0.1, -0.05) is 23.7 Å². The molecule has 1 aliphatic heterocycles. The minimum atomic E-state index is 0. The van der Waals surface area contributed by atoms with Gasteiger partial charge in [0.25, 0.3) is 0 Å². The highest BCUT2D eigenvalue weighted by Gasteiger charge is 2.44. The minimum absolute atomic E-state index is 0. The number of benzene rings is 1. The smallest absolute Gasteiger partial charge is 0.191 e. The molecule has 6 heteroatoms. The predicted molar refractivity (Wildman–Crippen MR) is 106 cm³/mol. The van der Waals surface area contributed by atoms with Crippen LogP contribution >= 0.6 is 35.6 Å². The quantitative estimate of drug-likeness (QED) is 0.412. The second-order valence-corrected chi connectivity index (χ2v) is 6.67. The summed E-state index contributed by atoms with van der Waals surface area (Å²) < 4.78 is 5.63. The van der Waals surface area contributed by atoms with E-state index in [0.717, 1.165) is 43.5 Å². The Morgan fingerprint density at radius 2 is 2.04 bits per heavy atom. The lowest BCUT2D eigenvalue weighted by Crippen LogP contribution is -2.43. The van der Waals surface area contributed by atoms with Crippen molar-refractivity contribution in [1.29, 1.82) is 0 Å². The zero-order chi connectivity index (χ0) is 15.4. The molecule has 0 spiro atoms. The first-order chi connectivity index (χ1) is 10.7. The second-order valence-electron chi connectivity index (χ2n) is 6.23. The van der Waals surface area contributed by atoms with E-state index in [2.05, 4.69) is 27.8 Å². The molecule has 1 atom stereocenters. The molecule has 1 heterocycles. The molecular formula is C17H25ClIN3O. The fourth-order valence-electron chi connectivity index (χ4n) is 3.01. The lowest BCUT2D eigenvalue weighted by atomic mass is 9.96. The van der Waals surface area contributed by atoms with E-state index >= 15 is 0 Å². The van der Waals surface area contributed by atoms with Crippen molar-refractivity contribution in [2.24, 2.45) is 4.99 Å². The number of halogens is 2. The van der Waals surface area contributed by atoms with Crippen LogP contribution in [0, 0.1) is 0 Å². The monoisotopic (exact) mass is 449 g/mol. The van der Waals surface area contributed by atoms with Crippen molar-refractivity contribution in [3.05, 3.63) is 34.9 Å². The van der Waals surface area contributed by atoms with E-state index in [-0.39, 0.29) is 29.4 Å². The molecule has 0 aromatic heterocycles. The molecule has 0 amide bonds. The molecule has 2 N–H and O–H groups in total. The van der Waals surface area contributed by atoms with Gasteiger partial charge in [0.1, 0.15) is 0 Å². The number of rotatable bonds is 5. The Kier molecular flexibility index (Phi) is 6.98. The van der Waals surface area contributed by atoms with Crippen molar-refractivity contribution >= 4 is 41.5 Å². The maximum absolute atomic E-state index is 5.98. The minimum Gasteiger partial charge on any atom is -0.376 e. The lowest BCUT2D eigenvalue weighted by molar-refractivity contribution is 0.114. The van der Waals surface area contributed by atoms with E-state index in [9.17, 15) is 0 Å². The SMILES string of the molecule is CN=C(NCC1CCCO1)NCC1(c2ccc(Cl)cc2)CC1.I. The first-order valence-electron chi connectivity index (χ1n) is 8.04. The number of nitrogens with zero attached hydrogens (tertiary/aromatic N) is 1. The summed E-state index contributed by atoms with van der Waals surface area (Å²) in [5.41, 5.74) is 1.60. The lowest BCUT2D eigenvalue weighted by Gasteiger charge is -2.20. The Hall–Kier alpha value is -0.530. The highest BCUT2D eigenvalue weighted by atomic mass is 127. The van der Waals surface area contributed by atoms with Gasteiger partial charge >= 0.3 is 0 Å². The van der Waals surface area contributed by atoms with Crippen LogP contribution in [0.4, 0.5) is 0 Å². The third kappa shape index (κ3) is 4.97. The predicted octanol–water partition coefficient (Wildman–Crippen LogP) is 3.33. The van der Waals surface area contributed by atoms with Crippen LogP contribution in [0.3, 0.4) is 0 Å². The van der Waals surface area contributed by atoms with Crippen LogP contribution in [0.15, 0.2) is 29.3 Å². The molecule has 4 nitrogen and oxygen atoms in total. The van der Waals surface area contributed by atoms with Gasteiger partial charge in [0, 0.05) is 37.2 Å². The zero-order valence-corrected chi connectivity index (χ0v) is 16.6. The van der Waals surface area contributed by atoms with Crippen LogP contribution in [-0.4, -0.2) is 38.8 Å². The van der Waals surface area contributed by atoms with Gasteiger partial charge in [-0.2, -0.15) is 0 Å². The molecule has 1 aromatic carbocycles. The molecule has 3 rings (SSSR count). The second kappa shape index (κ2) is 8.53. The molecule has 23 heavy (non-hydrogen) atoms. The maximum atomic E-state index is 5.98. The van der Waals surface area contributed by atoms with Crippen LogP contribution in [0.2, 0.25) is 5.02 Å². The van der Waals surface area contributed by atoms with Crippen LogP contribution in [0.25, 0.3) is 0 Å². The van der Waals surface area contributed by atoms with Gasteiger partial charge in [-0.3, -0.25) is 4.99 Å². The van der Waals surface area contributed by atoms with E-state index in [1.54, 1.807) is 0 Å². The third-order valence-electron chi connectivity index (χ3n) is 4.65. The van der Waals surface area contributed by atoms with Crippen molar-refractivity contribution in [2.45, 2.75) is 37.2 Å². The highest BCUT2D eigenvalue weighted by molar-refractivity contribution is 14.0. The summed E-state index contributed by atoms with van der Waals surface area (Å²) in [7, 11) is 1.81. The molecule has 1 aliphatic carbocycles. The molecule has 2 aliphatic rings. The van der Waals surface area contributed by atoms with Crippen molar-refractivity contribution in [1.82, 2.24) is 10.6 Å². The van der Waals surface area contributed by atoms with Gasteiger partial charge in [-0.05, 0) is 43.4 Å². The topological polar surface area (TPSA) is 45.7 Å². The molecule has 1 aromatic rings. The maximum Gasteiger partial charge on any atom is 0.191 e. The van der Waals surface area contributed by atoms with E-state index < -0.39 is 0 Å². The Morgan fingerprint density at radius 3 is 2.61 bits per heavy atom. The number of hydrogen-bond acceptors (Lipinski definition) is 2. The molecular weight excluding hydrogens is 425 g/mol. The normalized spacial score (nSPS) is 22.3. The summed E-state index contributed by atoms with van der Waals surface area (Å²) >= 11 is 5.98. The van der Waals surface area contributed by atoms with Gasteiger partial charge in [0.2, 0.25) is 0 Å². The standard InChI is InChI=1S/C17H24ClN3O.HI/c1-19-16(20-11-15-3-2-10-22-15)21-12-17(8-9-17)13-4-6-14(18)7-5-13;/h4-7,15H,2-3,8-12H2,1H3,(H2,19,20,21);1H. The van der Waals surface area contributed by atoms with E-state index in [1.807, 2.05) is 19.2 Å². The Morgan fingerprint density at radius 1 is 1.30 bits per heavy atom. The molecule has 128 valence electrons. The average Bonchev–Trinajstić information content (AvgIpc) is 3.14. The summed E-state index contributed by atoms with van der Waals surface area (Å²) in [6.45, 7) is 2.62. The summed E-state index contributed by atoms with van der Waals surface area (Å²) in [6, 6.07) is 8.22. The zero-order valence-electron chi connectivity index (χ0n) is 13.5. The van der Waals surface area contributed by atoms with Crippen LogP contribution in [-0.2, 0) is 10.2 Å². The Bertz CT molecular complexity index is 525. The number of nitrogens with one attached hydrogen (secondary N) is 2. The molecule has 1 saturated carbocycles. The Labute approximate surface area is 160 Å². The summed E-state index contributed by atoms with van der Waals surface area (Å²) in [5, 5.41) is 7.62. The third-order valence-corrected chi connectivity index (χ3v) is 4.90. The fourth-order valence-corrected chi connectivity index (χ4v) is 3.14. The summed E-state index contributed by atoms with van der Waals surface area (Å²) in [4.78, 5) is 4.31. The van der Waals surface area contributed by atoms with Crippen LogP contribution in [0.1, 0.15) is 31.2 Å². The van der Waals surface area contributed by atoms with Crippen LogP contribution < -0.4 is 10.6 Å². The number of hydrogen-bond donors (Lipinski definition) is 2. The average molecular weight is 450 g/mol. The molecule has 0 radical (unpaired) electrons. The molecule has 1 unspecified atom stereocenters. The van der Waals surface area contributed by atoms with Crippen molar-refractivity contribution in [2.75, 3.05) is 26.7 Å². The number of ether oxygens (including phenoxy) is 1. The van der Waals surface area contributed by atoms with E-state index in [1.165, 1.54) is 18.4 Å². The first kappa shape index (κ1) is 18.8. The van der Waals surface area contributed by atoms with Crippen LogP contribution in [0.5, 0.6) is 0 Å².